The van der Waals surface area contributed by atoms with Gasteiger partial charge < -0.3 is 15.1 Å². The Labute approximate surface area is 143 Å². The van der Waals surface area contributed by atoms with Crippen LogP contribution in [0.4, 0.5) is 16.2 Å². The van der Waals surface area contributed by atoms with E-state index >= 15 is 0 Å². The van der Waals surface area contributed by atoms with Gasteiger partial charge in [-0.1, -0.05) is 20.8 Å². The van der Waals surface area contributed by atoms with E-state index in [4.69, 9.17) is 0 Å². The molecular formula is C18H26N4O2. The molecule has 1 aromatic rings. The molecule has 0 unspecified atom stereocenters. The molecule has 0 bridgehead atoms. The van der Waals surface area contributed by atoms with Gasteiger partial charge in [-0.25, -0.2) is 9.69 Å². The molecule has 2 heterocycles. The third-order valence-electron chi connectivity index (χ3n) is 4.93. The molecule has 24 heavy (non-hydrogen) atoms. The average molecular weight is 330 g/mol. The Kier molecular flexibility index (Phi) is 4.76. The zero-order valence-corrected chi connectivity index (χ0v) is 14.7. The maximum Gasteiger partial charge on any atom is 0.329 e. The molecule has 130 valence electrons. The van der Waals surface area contributed by atoms with Gasteiger partial charge in [0, 0.05) is 31.9 Å². The molecule has 6 nitrogen and oxygen atoms in total. The number of piperazine rings is 1. The monoisotopic (exact) mass is 330 g/mol. The van der Waals surface area contributed by atoms with Crippen molar-refractivity contribution in [3.8, 4) is 0 Å². The van der Waals surface area contributed by atoms with Crippen LogP contribution in [-0.4, -0.2) is 55.6 Å². The Balaban J connectivity index is 1.71. The summed E-state index contributed by atoms with van der Waals surface area (Å²) >= 11 is 0. The molecule has 0 saturated carbocycles. The lowest BCUT2D eigenvalue weighted by molar-refractivity contribution is -0.119. The number of hydrogen-bond acceptors (Lipinski definition) is 4. The first-order valence-electron chi connectivity index (χ1n) is 8.73. The van der Waals surface area contributed by atoms with Crippen LogP contribution in [-0.2, 0) is 4.79 Å². The largest absolute Gasteiger partial charge is 0.369 e. The number of imide groups is 1. The molecule has 2 aliphatic rings. The van der Waals surface area contributed by atoms with Crippen LogP contribution in [0.2, 0.25) is 0 Å². The van der Waals surface area contributed by atoms with Crippen molar-refractivity contribution in [3.63, 3.8) is 0 Å². The van der Waals surface area contributed by atoms with Crippen LogP contribution in [0.25, 0.3) is 0 Å². The SMILES string of the molecule is CCN1CCN(c2ccc(N3C(=O)N[C@@H](C(C)C)C3=O)cc2)CC1. The first-order chi connectivity index (χ1) is 11.5. The molecule has 2 aliphatic heterocycles. The lowest BCUT2D eigenvalue weighted by Crippen LogP contribution is -2.46. The lowest BCUT2D eigenvalue weighted by Gasteiger charge is -2.35. The van der Waals surface area contributed by atoms with Gasteiger partial charge in [-0.15, -0.1) is 0 Å². The predicted molar refractivity (Wildman–Crippen MR) is 95.4 cm³/mol. The molecule has 3 amide bonds. The molecule has 2 fully saturated rings. The molecule has 1 aromatic carbocycles. The fraction of sp³-hybridized carbons (Fsp3) is 0.556. The van der Waals surface area contributed by atoms with Crippen molar-refractivity contribution in [2.24, 2.45) is 5.92 Å². The highest BCUT2D eigenvalue weighted by Gasteiger charge is 2.40. The van der Waals surface area contributed by atoms with Gasteiger partial charge in [0.2, 0.25) is 0 Å². The lowest BCUT2D eigenvalue weighted by atomic mass is 10.0. The Morgan fingerprint density at radius 2 is 1.62 bits per heavy atom. The van der Waals surface area contributed by atoms with Crippen LogP contribution in [0.5, 0.6) is 0 Å². The Morgan fingerprint density at radius 3 is 2.12 bits per heavy atom. The normalized spacial score (nSPS) is 22.4. The van der Waals surface area contributed by atoms with Gasteiger partial charge in [0.1, 0.15) is 6.04 Å². The van der Waals surface area contributed by atoms with E-state index in [1.54, 1.807) is 0 Å². The number of nitrogens with zero attached hydrogens (tertiary/aromatic N) is 3. The summed E-state index contributed by atoms with van der Waals surface area (Å²) in [7, 11) is 0. The average Bonchev–Trinajstić information content (AvgIpc) is 2.90. The predicted octanol–water partition coefficient (Wildman–Crippen LogP) is 1.91. The van der Waals surface area contributed by atoms with E-state index in [1.807, 2.05) is 38.1 Å². The first kappa shape index (κ1) is 16.8. The Bertz CT molecular complexity index is 606. The second-order valence-electron chi connectivity index (χ2n) is 6.78. The first-order valence-corrected chi connectivity index (χ1v) is 8.73. The fourth-order valence-corrected chi connectivity index (χ4v) is 3.33. The quantitative estimate of drug-likeness (QED) is 0.857. The van der Waals surface area contributed by atoms with Gasteiger partial charge >= 0.3 is 6.03 Å². The summed E-state index contributed by atoms with van der Waals surface area (Å²) < 4.78 is 0. The fourth-order valence-electron chi connectivity index (χ4n) is 3.33. The van der Waals surface area contributed by atoms with E-state index in [1.165, 1.54) is 4.90 Å². The van der Waals surface area contributed by atoms with Crippen molar-refractivity contribution >= 4 is 23.3 Å². The number of anilines is 2. The molecule has 2 saturated heterocycles. The second-order valence-corrected chi connectivity index (χ2v) is 6.78. The topological polar surface area (TPSA) is 55.9 Å². The molecular weight excluding hydrogens is 304 g/mol. The molecule has 0 radical (unpaired) electrons. The van der Waals surface area contributed by atoms with Crippen LogP contribution >= 0.6 is 0 Å². The summed E-state index contributed by atoms with van der Waals surface area (Å²) in [6.45, 7) is 11.3. The minimum absolute atomic E-state index is 0.0839. The van der Waals surface area contributed by atoms with Gasteiger partial charge in [0.15, 0.2) is 0 Å². The van der Waals surface area contributed by atoms with Crippen molar-refractivity contribution in [1.82, 2.24) is 10.2 Å². The minimum atomic E-state index is -0.431. The van der Waals surface area contributed by atoms with Crippen molar-refractivity contribution < 1.29 is 9.59 Å². The third-order valence-corrected chi connectivity index (χ3v) is 4.93. The molecule has 6 heteroatoms. The summed E-state index contributed by atoms with van der Waals surface area (Å²) in [5.41, 5.74) is 1.78. The van der Waals surface area contributed by atoms with E-state index in [9.17, 15) is 9.59 Å². The van der Waals surface area contributed by atoms with Gasteiger partial charge in [0.05, 0.1) is 5.69 Å². The molecule has 1 N–H and O–H groups in total. The molecule has 3 rings (SSSR count). The third kappa shape index (κ3) is 3.11. The molecule has 1 atom stereocenters. The number of amides is 3. The summed E-state index contributed by atoms with van der Waals surface area (Å²) in [6, 6.07) is 6.96. The minimum Gasteiger partial charge on any atom is -0.369 e. The van der Waals surface area contributed by atoms with E-state index in [-0.39, 0.29) is 17.9 Å². The van der Waals surface area contributed by atoms with E-state index in [2.05, 4.69) is 22.0 Å². The van der Waals surface area contributed by atoms with Crippen molar-refractivity contribution in [2.75, 3.05) is 42.5 Å². The summed E-state index contributed by atoms with van der Waals surface area (Å²) in [4.78, 5) is 30.6. The van der Waals surface area contributed by atoms with Crippen LogP contribution in [0.3, 0.4) is 0 Å². The summed E-state index contributed by atoms with van der Waals surface area (Å²) in [6.07, 6.45) is 0. The number of likely N-dealkylation sites (N-methyl/N-ethyl adjacent to an activating group) is 1. The van der Waals surface area contributed by atoms with Crippen molar-refractivity contribution in [2.45, 2.75) is 26.8 Å². The highest BCUT2D eigenvalue weighted by atomic mass is 16.2. The Hall–Kier alpha value is -2.08. The van der Waals surface area contributed by atoms with Crippen LogP contribution in [0.1, 0.15) is 20.8 Å². The van der Waals surface area contributed by atoms with Crippen molar-refractivity contribution in [1.29, 1.82) is 0 Å². The maximum absolute atomic E-state index is 12.4. The summed E-state index contributed by atoms with van der Waals surface area (Å²) in [5.74, 6) is -0.0834. The number of urea groups is 1. The highest BCUT2D eigenvalue weighted by Crippen LogP contribution is 2.25. The second kappa shape index (κ2) is 6.81. The van der Waals surface area contributed by atoms with Crippen LogP contribution in [0, 0.1) is 5.92 Å². The standard InChI is InChI=1S/C18H26N4O2/c1-4-20-9-11-21(12-10-20)14-5-7-15(8-6-14)22-17(23)16(13(2)3)19-18(22)24/h5-8,13,16H,4,9-12H2,1-3H3,(H,19,24)/t16-/m0/s1. The van der Waals surface area contributed by atoms with Gasteiger partial charge in [0.25, 0.3) is 5.91 Å². The molecule has 0 aliphatic carbocycles. The van der Waals surface area contributed by atoms with Crippen molar-refractivity contribution in [3.05, 3.63) is 24.3 Å². The van der Waals surface area contributed by atoms with E-state index < -0.39 is 6.04 Å². The van der Waals surface area contributed by atoms with Gasteiger partial charge in [-0.2, -0.15) is 0 Å². The number of rotatable bonds is 4. The van der Waals surface area contributed by atoms with Gasteiger partial charge in [-0.05, 0) is 36.7 Å². The van der Waals surface area contributed by atoms with Crippen LogP contribution in [0.15, 0.2) is 24.3 Å². The summed E-state index contributed by atoms with van der Waals surface area (Å²) in [5, 5.41) is 2.76. The number of hydrogen-bond donors (Lipinski definition) is 1. The van der Waals surface area contributed by atoms with E-state index in [0.717, 1.165) is 38.4 Å². The molecule has 0 aromatic heterocycles. The molecule has 0 spiro atoms. The number of nitrogens with one attached hydrogen (secondary N) is 1. The zero-order chi connectivity index (χ0) is 17.3. The Morgan fingerprint density at radius 1 is 1.04 bits per heavy atom. The highest BCUT2D eigenvalue weighted by molar-refractivity contribution is 6.21. The van der Waals surface area contributed by atoms with E-state index in [0.29, 0.717) is 5.69 Å². The van der Waals surface area contributed by atoms with Crippen LogP contribution < -0.4 is 15.1 Å². The smallest absolute Gasteiger partial charge is 0.329 e. The number of carbonyl (C=O) groups excluding carboxylic acids is 2. The van der Waals surface area contributed by atoms with Gasteiger partial charge in [-0.3, -0.25) is 4.79 Å². The maximum atomic E-state index is 12.4. The number of benzene rings is 1. The number of carbonyl (C=O) groups is 2. The zero-order valence-electron chi connectivity index (χ0n) is 14.7.